The van der Waals surface area contributed by atoms with Crippen LogP contribution in [-0.4, -0.2) is 48.9 Å². The third-order valence-electron chi connectivity index (χ3n) is 6.97. The molecule has 6 N–H and O–H groups in total. The van der Waals surface area contributed by atoms with Crippen LogP contribution in [0.2, 0.25) is 0 Å². The molecule has 0 saturated heterocycles. The lowest BCUT2D eigenvalue weighted by molar-refractivity contribution is -0.162. The highest BCUT2D eigenvalue weighted by molar-refractivity contribution is 5.91. The molecule has 0 aromatic heterocycles. The first-order valence-corrected chi connectivity index (χ1v) is 15.6. The number of carbonyl (C=O) groups excluding carboxylic acids is 4. The normalized spacial score (nSPS) is 12.7. The molecule has 0 saturated carbocycles. The second-order valence-corrected chi connectivity index (χ2v) is 10.7. The highest BCUT2D eigenvalue weighted by atomic mass is 16.6. The van der Waals surface area contributed by atoms with Gasteiger partial charge in [0.1, 0.15) is 12.1 Å². The molecule has 0 aliphatic heterocycles. The van der Waals surface area contributed by atoms with Crippen molar-refractivity contribution < 1.29 is 23.9 Å². The number of amides is 2. The smallest absolute Gasteiger partial charge is 0.330 e. The molecule has 0 rings (SSSR count). The van der Waals surface area contributed by atoms with E-state index >= 15 is 0 Å². The number of primary amides is 2. The zero-order valence-electron chi connectivity index (χ0n) is 24.9. The van der Waals surface area contributed by atoms with Gasteiger partial charge in [0.15, 0.2) is 0 Å². The van der Waals surface area contributed by atoms with Crippen molar-refractivity contribution in [3.63, 3.8) is 0 Å². The number of rotatable bonds is 28. The monoisotopic (exact) mass is 554 g/mol. The van der Waals surface area contributed by atoms with Crippen LogP contribution < -0.4 is 22.1 Å². The van der Waals surface area contributed by atoms with Gasteiger partial charge in [-0.15, -0.1) is 0 Å². The summed E-state index contributed by atoms with van der Waals surface area (Å²) < 4.78 is 5.20. The zero-order valence-corrected chi connectivity index (χ0v) is 24.9. The Morgan fingerprint density at radius 2 is 0.846 bits per heavy atom. The predicted octanol–water partition coefficient (Wildman–Crippen LogP) is 4.79. The van der Waals surface area contributed by atoms with Crippen molar-refractivity contribution in [1.82, 2.24) is 10.6 Å². The van der Waals surface area contributed by atoms with E-state index in [1.165, 1.54) is 64.2 Å². The Morgan fingerprint density at radius 3 is 1.15 bits per heavy atom. The summed E-state index contributed by atoms with van der Waals surface area (Å²) in [5.41, 5.74) is 10.6. The number of ether oxygens (including phenoxy) is 1. The molecule has 0 bridgehead atoms. The van der Waals surface area contributed by atoms with E-state index in [2.05, 4.69) is 24.5 Å². The topological polar surface area (TPSA) is 154 Å². The van der Waals surface area contributed by atoms with E-state index in [1.807, 2.05) is 0 Å². The van der Waals surface area contributed by atoms with Crippen molar-refractivity contribution >= 4 is 23.8 Å². The van der Waals surface area contributed by atoms with Gasteiger partial charge < -0.3 is 26.8 Å². The minimum Gasteiger partial charge on any atom is -0.391 e. The summed E-state index contributed by atoms with van der Waals surface area (Å²) in [4.78, 5) is 48.3. The average molecular weight is 555 g/mol. The van der Waals surface area contributed by atoms with Crippen LogP contribution in [0.15, 0.2) is 0 Å². The Balaban J connectivity index is 4.63. The van der Waals surface area contributed by atoms with Gasteiger partial charge in [-0.25, -0.2) is 9.59 Å². The predicted molar refractivity (Wildman–Crippen MR) is 157 cm³/mol. The molecule has 2 amide bonds. The van der Waals surface area contributed by atoms with Gasteiger partial charge in [0.2, 0.25) is 11.8 Å². The van der Waals surface area contributed by atoms with Crippen molar-refractivity contribution in [3.05, 3.63) is 0 Å². The lowest BCUT2D eigenvalue weighted by Gasteiger charge is -2.20. The first kappa shape index (κ1) is 37.0. The Bertz CT molecular complexity index is 605. The molecular weight excluding hydrogens is 496 g/mol. The standard InChI is InChI=1S/C30H58N4O5/c1-3-5-7-9-11-13-15-17-23-33-25(19-21-27(31)35)29(37)39-30(38)26(20-22-28(32)36)34-24-18-16-14-12-10-8-6-4-2/h25-26,33-34H,3-24H2,1-2H3,(H2,31,35)(H2,32,36)/t25-,26-/m0/s1. The van der Waals surface area contributed by atoms with Crippen LogP contribution in [0.4, 0.5) is 0 Å². The lowest BCUT2D eigenvalue weighted by Crippen LogP contribution is -2.45. The van der Waals surface area contributed by atoms with E-state index in [-0.39, 0.29) is 25.7 Å². The number of nitrogens with two attached hydrogens (primary N) is 2. The van der Waals surface area contributed by atoms with Crippen molar-refractivity contribution in [2.24, 2.45) is 11.5 Å². The van der Waals surface area contributed by atoms with Gasteiger partial charge in [-0.2, -0.15) is 0 Å². The molecule has 0 aliphatic carbocycles. The highest BCUT2D eigenvalue weighted by Crippen LogP contribution is 2.10. The van der Waals surface area contributed by atoms with E-state index in [0.29, 0.717) is 13.1 Å². The number of nitrogens with one attached hydrogen (secondary N) is 2. The molecule has 0 aliphatic rings. The quantitative estimate of drug-likeness (QED) is 0.0616. The van der Waals surface area contributed by atoms with E-state index in [9.17, 15) is 19.2 Å². The Kier molecular flexibility index (Phi) is 24.9. The molecule has 0 aromatic carbocycles. The summed E-state index contributed by atoms with van der Waals surface area (Å²) in [6, 6.07) is -1.59. The maximum Gasteiger partial charge on any atom is 0.330 e. The van der Waals surface area contributed by atoms with Crippen molar-refractivity contribution in [2.45, 2.75) is 154 Å². The van der Waals surface area contributed by atoms with E-state index in [4.69, 9.17) is 16.2 Å². The third-order valence-corrected chi connectivity index (χ3v) is 6.97. The first-order valence-electron chi connectivity index (χ1n) is 15.6. The van der Waals surface area contributed by atoms with Crippen LogP contribution in [0.5, 0.6) is 0 Å². The van der Waals surface area contributed by atoms with Crippen LogP contribution >= 0.6 is 0 Å². The Hall–Kier alpha value is -2.00. The fourth-order valence-corrected chi connectivity index (χ4v) is 4.49. The summed E-state index contributed by atoms with van der Waals surface area (Å²) in [6.45, 7) is 5.58. The number of carbonyl (C=O) groups is 4. The molecule has 0 fully saturated rings. The molecule has 0 heterocycles. The molecular formula is C30H58N4O5. The van der Waals surface area contributed by atoms with Gasteiger partial charge in [-0.1, -0.05) is 104 Å². The molecule has 0 unspecified atom stereocenters. The van der Waals surface area contributed by atoms with Crippen LogP contribution in [-0.2, 0) is 23.9 Å². The molecule has 9 heteroatoms. The van der Waals surface area contributed by atoms with Crippen LogP contribution in [0.1, 0.15) is 142 Å². The Labute approximate surface area is 237 Å². The zero-order chi connectivity index (χ0) is 29.1. The molecule has 0 spiro atoms. The second kappa shape index (κ2) is 26.2. The fraction of sp³-hybridized carbons (Fsp3) is 0.867. The van der Waals surface area contributed by atoms with Gasteiger partial charge in [0, 0.05) is 12.8 Å². The van der Waals surface area contributed by atoms with E-state index in [0.717, 1.165) is 38.5 Å². The number of hydrogen-bond donors (Lipinski definition) is 4. The minimum atomic E-state index is -0.796. The number of hydrogen-bond acceptors (Lipinski definition) is 7. The maximum absolute atomic E-state index is 12.8. The van der Waals surface area contributed by atoms with Crippen LogP contribution in [0.25, 0.3) is 0 Å². The summed E-state index contributed by atoms with van der Waals surface area (Å²) in [5.74, 6) is -2.48. The number of esters is 2. The average Bonchev–Trinajstić information content (AvgIpc) is 2.89. The first-order chi connectivity index (χ1) is 18.8. The lowest BCUT2D eigenvalue weighted by atomic mass is 10.1. The molecule has 0 aromatic rings. The summed E-state index contributed by atoms with van der Waals surface area (Å²) in [6.07, 6.45) is 19.0. The fourth-order valence-electron chi connectivity index (χ4n) is 4.49. The van der Waals surface area contributed by atoms with Gasteiger partial charge in [-0.3, -0.25) is 9.59 Å². The van der Waals surface area contributed by atoms with E-state index in [1.54, 1.807) is 0 Å². The van der Waals surface area contributed by atoms with Gasteiger partial charge in [0.25, 0.3) is 0 Å². The largest absolute Gasteiger partial charge is 0.391 e. The highest BCUT2D eigenvalue weighted by Gasteiger charge is 2.27. The second-order valence-electron chi connectivity index (χ2n) is 10.7. The SMILES string of the molecule is CCCCCCCCCCN[C@@H](CCC(N)=O)C(=O)OC(=O)[C@H](CCC(N)=O)NCCCCCCCCCC. The number of unbranched alkanes of at least 4 members (excludes halogenated alkanes) is 14. The van der Waals surface area contributed by atoms with Gasteiger partial charge >= 0.3 is 11.9 Å². The van der Waals surface area contributed by atoms with Crippen molar-refractivity contribution in [1.29, 1.82) is 0 Å². The van der Waals surface area contributed by atoms with Crippen LogP contribution in [0.3, 0.4) is 0 Å². The molecule has 0 radical (unpaired) electrons. The summed E-state index contributed by atoms with van der Waals surface area (Å²) >= 11 is 0. The van der Waals surface area contributed by atoms with Gasteiger partial charge in [0.05, 0.1) is 0 Å². The molecule has 9 nitrogen and oxygen atoms in total. The molecule has 228 valence electrons. The van der Waals surface area contributed by atoms with E-state index < -0.39 is 35.8 Å². The molecule has 2 atom stereocenters. The third kappa shape index (κ3) is 23.6. The van der Waals surface area contributed by atoms with Gasteiger partial charge in [-0.05, 0) is 38.8 Å². The van der Waals surface area contributed by atoms with Crippen molar-refractivity contribution in [2.75, 3.05) is 13.1 Å². The minimum absolute atomic E-state index is 0.0141. The molecule has 39 heavy (non-hydrogen) atoms. The summed E-state index contributed by atoms with van der Waals surface area (Å²) in [7, 11) is 0. The maximum atomic E-state index is 12.8. The Morgan fingerprint density at radius 1 is 0.538 bits per heavy atom. The van der Waals surface area contributed by atoms with Crippen LogP contribution in [0, 0.1) is 0 Å². The summed E-state index contributed by atoms with van der Waals surface area (Å²) in [5, 5.41) is 6.27. The van der Waals surface area contributed by atoms with Crippen molar-refractivity contribution in [3.8, 4) is 0 Å².